The first-order valence-corrected chi connectivity index (χ1v) is 19.4. The van der Waals surface area contributed by atoms with Gasteiger partial charge in [-0.05, 0) is 94.3 Å². The summed E-state index contributed by atoms with van der Waals surface area (Å²) in [6, 6.07) is -0.884. The molecule has 3 rings (SSSR count). The molecule has 0 bridgehead atoms. The maximum absolute atomic E-state index is 14.2. The van der Waals surface area contributed by atoms with E-state index in [0.717, 1.165) is 0 Å². The van der Waals surface area contributed by atoms with Gasteiger partial charge in [0.15, 0.2) is 12.6 Å². The Hall–Kier alpha value is -1.05. The molecule has 15 heteroatoms. The van der Waals surface area contributed by atoms with Gasteiger partial charge in [0.05, 0.1) is 35.9 Å². The second-order valence-corrected chi connectivity index (χ2v) is 17.2. The fourth-order valence-corrected chi connectivity index (χ4v) is 8.80. The SMILES string of the molecule is CC[C@H]1OC(=O)[C@H](C)[C@@H](O[C@H]2C[C@@](C)(OC)[C@@](O)(CN)[C@H](C)O2)[C@H](C)[C@@H](O[C@@H]2O[C@H](C)C[C@H](N(C)C)[C@H]2O)[C@](C)(O)C[C@@H](C)CN[C@H](C)[C@@H](O)[C@]1(C)O. The molecule has 8 N–H and O–H groups in total. The van der Waals surface area contributed by atoms with Gasteiger partial charge in [-0.2, -0.15) is 0 Å². The Morgan fingerprint density at radius 1 is 0.981 bits per heavy atom. The van der Waals surface area contributed by atoms with Crippen LogP contribution in [0.5, 0.6) is 0 Å². The Bertz CT molecular complexity index is 1180. The maximum atomic E-state index is 14.2. The largest absolute Gasteiger partial charge is 0.459 e. The average Bonchev–Trinajstić information content (AvgIpc) is 3.08. The molecule has 0 aromatic rings. The van der Waals surface area contributed by atoms with Crippen LogP contribution in [0.15, 0.2) is 0 Å². The van der Waals surface area contributed by atoms with Crippen LogP contribution in [0, 0.1) is 17.8 Å². The van der Waals surface area contributed by atoms with E-state index in [4.69, 9.17) is 34.2 Å². The Morgan fingerprint density at radius 2 is 1.60 bits per heavy atom. The number of ether oxygens (including phenoxy) is 6. The number of cyclic esters (lactones) is 1. The molecule has 0 aromatic carbocycles. The fourth-order valence-electron chi connectivity index (χ4n) is 8.80. The number of esters is 1. The minimum Gasteiger partial charge on any atom is -0.459 e. The number of aliphatic hydroxyl groups excluding tert-OH is 2. The van der Waals surface area contributed by atoms with Gasteiger partial charge in [0, 0.05) is 38.1 Å². The third-order valence-corrected chi connectivity index (χ3v) is 12.5. The van der Waals surface area contributed by atoms with E-state index in [1.807, 2.05) is 32.8 Å². The van der Waals surface area contributed by atoms with Crippen molar-refractivity contribution >= 4 is 5.97 Å². The summed E-state index contributed by atoms with van der Waals surface area (Å²) >= 11 is 0. The van der Waals surface area contributed by atoms with Gasteiger partial charge in [-0.15, -0.1) is 0 Å². The molecule has 0 radical (unpaired) electrons. The molecule has 18 atom stereocenters. The minimum absolute atomic E-state index is 0.0417. The number of hydrogen-bond acceptors (Lipinski definition) is 15. The van der Waals surface area contributed by atoms with Gasteiger partial charge >= 0.3 is 5.97 Å². The molecule has 312 valence electrons. The van der Waals surface area contributed by atoms with Crippen molar-refractivity contribution in [3.8, 4) is 0 Å². The van der Waals surface area contributed by atoms with E-state index in [-0.39, 0.29) is 43.9 Å². The predicted molar refractivity (Wildman–Crippen MR) is 198 cm³/mol. The number of nitrogens with one attached hydrogen (secondary N) is 1. The van der Waals surface area contributed by atoms with Crippen molar-refractivity contribution in [1.82, 2.24) is 10.2 Å². The molecule has 3 fully saturated rings. The molecule has 0 amide bonds. The number of hydrogen-bond donors (Lipinski definition) is 7. The number of nitrogens with two attached hydrogens (primary N) is 1. The molecule has 3 aliphatic heterocycles. The summed E-state index contributed by atoms with van der Waals surface area (Å²) in [6.07, 6.45) is -7.80. The molecule has 0 saturated carbocycles. The zero-order chi connectivity index (χ0) is 40.4. The van der Waals surface area contributed by atoms with Gasteiger partial charge in [0.2, 0.25) is 0 Å². The fraction of sp³-hybridized carbons (Fsp3) is 0.974. The van der Waals surface area contributed by atoms with Crippen molar-refractivity contribution in [3.05, 3.63) is 0 Å². The minimum atomic E-state index is -1.82. The second kappa shape index (κ2) is 18.0. The molecule has 3 heterocycles. The lowest BCUT2D eigenvalue weighted by atomic mass is 9.75. The van der Waals surface area contributed by atoms with Crippen LogP contribution in [0.25, 0.3) is 0 Å². The molecule has 15 nitrogen and oxygen atoms in total. The monoisotopic (exact) mass is 764 g/mol. The number of carbonyl (C=O) groups excluding carboxylic acids is 1. The average molecular weight is 764 g/mol. The van der Waals surface area contributed by atoms with Crippen LogP contribution in [-0.2, 0) is 33.2 Å². The van der Waals surface area contributed by atoms with Crippen LogP contribution >= 0.6 is 0 Å². The summed E-state index contributed by atoms with van der Waals surface area (Å²) in [6.45, 7) is 17.5. The predicted octanol–water partition coefficient (Wildman–Crippen LogP) is 0.887. The van der Waals surface area contributed by atoms with Crippen molar-refractivity contribution in [2.45, 2.75) is 185 Å². The van der Waals surface area contributed by atoms with E-state index in [1.165, 1.54) is 14.0 Å². The van der Waals surface area contributed by atoms with Crippen LogP contribution in [0.3, 0.4) is 0 Å². The van der Waals surface area contributed by atoms with Gasteiger partial charge < -0.3 is 69.9 Å². The molecular weight excluding hydrogens is 690 g/mol. The number of nitrogens with zero attached hydrogens (tertiary/aromatic N) is 1. The maximum Gasteiger partial charge on any atom is 0.311 e. The molecular formula is C38H73N3O12. The second-order valence-electron chi connectivity index (χ2n) is 17.2. The first kappa shape index (κ1) is 46.3. The Balaban J connectivity index is 2.17. The van der Waals surface area contributed by atoms with E-state index in [0.29, 0.717) is 13.0 Å². The Labute approximate surface area is 317 Å². The molecule has 0 aliphatic carbocycles. The number of carbonyl (C=O) groups is 1. The van der Waals surface area contributed by atoms with Crippen LogP contribution in [-0.4, -0.2) is 160 Å². The smallest absolute Gasteiger partial charge is 0.311 e. The van der Waals surface area contributed by atoms with Gasteiger partial charge in [-0.25, -0.2) is 0 Å². The molecule has 3 aliphatic rings. The lowest BCUT2D eigenvalue weighted by molar-refractivity contribution is -0.335. The Kier molecular flexibility index (Phi) is 15.8. The van der Waals surface area contributed by atoms with Crippen LogP contribution < -0.4 is 11.1 Å². The number of rotatable bonds is 8. The van der Waals surface area contributed by atoms with Gasteiger partial charge in [0.1, 0.15) is 35.1 Å². The Morgan fingerprint density at radius 3 is 2.15 bits per heavy atom. The van der Waals surface area contributed by atoms with Crippen molar-refractivity contribution in [2.75, 3.05) is 34.3 Å². The number of likely N-dealkylation sites (N-methyl/N-ethyl adjacent to an activating group) is 1. The highest BCUT2D eigenvalue weighted by Gasteiger charge is 2.58. The van der Waals surface area contributed by atoms with E-state index in [1.54, 1.807) is 48.5 Å². The third-order valence-electron chi connectivity index (χ3n) is 12.5. The van der Waals surface area contributed by atoms with Crippen LogP contribution in [0.2, 0.25) is 0 Å². The number of aliphatic hydroxyl groups is 5. The van der Waals surface area contributed by atoms with Crippen molar-refractivity contribution in [1.29, 1.82) is 0 Å². The van der Waals surface area contributed by atoms with Crippen LogP contribution in [0.4, 0.5) is 0 Å². The summed E-state index contributed by atoms with van der Waals surface area (Å²) in [7, 11) is 5.23. The summed E-state index contributed by atoms with van der Waals surface area (Å²) < 4.78 is 37.7. The summed E-state index contributed by atoms with van der Waals surface area (Å²) in [5.74, 6) is -2.71. The highest BCUT2D eigenvalue weighted by atomic mass is 16.7. The van der Waals surface area contributed by atoms with Crippen molar-refractivity contribution in [2.24, 2.45) is 23.5 Å². The van der Waals surface area contributed by atoms with E-state index in [9.17, 15) is 30.3 Å². The molecule has 0 spiro atoms. The van der Waals surface area contributed by atoms with Crippen molar-refractivity contribution in [3.63, 3.8) is 0 Å². The van der Waals surface area contributed by atoms with Crippen molar-refractivity contribution < 1.29 is 58.7 Å². The third kappa shape index (κ3) is 9.92. The summed E-state index contributed by atoms with van der Waals surface area (Å²) in [5, 5.41) is 61.8. The van der Waals surface area contributed by atoms with E-state index in [2.05, 4.69) is 5.32 Å². The molecule has 0 aromatic heterocycles. The topological polar surface area (TPSA) is 215 Å². The summed E-state index contributed by atoms with van der Waals surface area (Å²) in [4.78, 5) is 16.1. The quantitative estimate of drug-likeness (QED) is 0.171. The molecule has 53 heavy (non-hydrogen) atoms. The standard InChI is InChI=1S/C38H73N3O12/c1-14-27-37(10,46)31(43)24(6)40-18-20(2)16-35(8,45)32(53-34-29(42)26(41(11)12)15-21(3)49-34)22(4)30(23(5)33(44)51-27)52-28-17-36(9,48-13)38(47,19-39)25(7)50-28/h20-32,34,40,42-43,45-47H,14-19,39H2,1-13H3/t20-,21-,22+,23-,24-,25+,26+,27-,28+,29-,30+,31-,32-,34+,35-,36-,37-,38-/m1/s1. The highest BCUT2D eigenvalue weighted by Crippen LogP contribution is 2.43. The first-order valence-electron chi connectivity index (χ1n) is 19.4. The van der Waals surface area contributed by atoms with E-state index < -0.39 is 95.5 Å². The lowest BCUT2D eigenvalue weighted by Gasteiger charge is -2.53. The lowest BCUT2D eigenvalue weighted by Crippen LogP contribution is -2.69. The normalized spacial score (nSPS) is 49.9. The molecule has 0 unspecified atom stereocenters. The van der Waals surface area contributed by atoms with Gasteiger partial charge in [-0.3, -0.25) is 4.79 Å². The first-order chi connectivity index (χ1) is 24.4. The zero-order valence-electron chi connectivity index (χ0n) is 34.4. The summed E-state index contributed by atoms with van der Waals surface area (Å²) in [5.41, 5.74) is -0.111. The van der Waals surface area contributed by atoms with E-state index >= 15 is 0 Å². The van der Waals surface area contributed by atoms with Crippen LogP contribution in [0.1, 0.15) is 94.9 Å². The van der Waals surface area contributed by atoms with Gasteiger partial charge in [-0.1, -0.05) is 20.8 Å². The number of methoxy groups -OCH3 is 1. The van der Waals surface area contributed by atoms with Gasteiger partial charge in [0.25, 0.3) is 0 Å². The zero-order valence-corrected chi connectivity index (χ0v) is 34.4. The highest BCUT2D eigenvalue weighted by molar-refractivity contribution is 5.73. The molecule has 3 saturated heterocycles.